The summed E-state index contributed by atoms with van der Waals surface area (Å²) in [7, 11) is 1.27. The number of halogens is 3. The summed E-state index contributed by atoms with van der Waals surface area (Å²) in [4.78, 5) is 87.8. The van der Waals surface area contributed by atoms with Crippen molar-refractivity contribution in [3.05, 3.63) is 188 Å². The number of alkyl carbamates (subject to hydrolysis) is 2. The molecule has 4 aliphatic heterocycles. The van der Waals surface area contributed by atoms with Gasteiger partial charge in [-0.1, -0.05) is 240 Å². The van der Waals surface area contributed by atoms with Gasteiger partial charge in [-0.2, -0.15) is 13.2 Å². The fourth-order valence-electron chi connectivity index (χ4n) is 17.8. The third kappa shape index (κ3) is 31.9. The number of hydrogen-bond acceptors (Lipinski definition) is 27. The minimum atomic E-state index is -5.08. The van der Waals surface area contributed by atoms with E-state index in [-0.39, 0.29) is 66.2 Å². The van der Waals surface area contributed by atoms with Gasteiger partial charge >= 0.3 is 53.9 Å². The Hall–Kier alpha value is -7.34. The molecular formula is C97H144AgF3N6O21S2Si2-. The number of ether oxygens (including phenoxy) is 11. The van der Waals surface area contributed by atoms with E-state index >= 15 is 0 Å². The van der Waals surface area contributed by atoms with Crippen LogP contribution in [0.15, 0.2) is 193 Å². The van der Waals surface area contributed by atoms with E-state index in [0.29, 0.717) is 65.6 Å². The molecule has 5 heterocycles. The first kappa shape index (κ1) is 115. The number of aliphatic hydroxyl groups is 1. The summed E-state index contributed by atoms with van der Waals surface area (Å²) in [6.07, 6.45) is 8.70. The Kier molecular flexibility index (Phi) is 45.1. The van der Waals surface area contributed by atoms with E-state index in [2.05, 4.69) is 144 Å². The first-order valence-electron chi connectivity index (χ1n) is 44.5. The third-order valence-electron chi connectivity index (χ3n) is 25.3. The standard InChI is InChI=1S/C46H70N2O9Si.C33H48O6Si.C17H26N4O3S.CF3O2S.Ag.O/c1-14-27-53-43(50)47-30-35-28-38(48(11)12)32(3)42(54-35)55-40(33(4)39-34(5)41(49)57-45(8,9)56-39)46(10,52-13)29-31(2)25-26-44(6,7)58(51,36-21-17-15-18-22-36)37-23-19-16-20-24-37;1-23(22-33(8,37-9)29(34)24(2)28-25(3)30(35)39-32(6,7)38-28)20-21-31(4,5)40(36,26-16-12-10-13-17-26)27-18-14-11-15-19-27;1-5-9-23-17(22)20-11-13-10-14(21(3)4)12(2)15(24-13)25-16-18-7-6-8-19-16;2-1(3,4)7(5)6;;/h14-24,31-33,35,38,40,42,51H,1,25-30H2,2-13H3,(H,47,50);10-19,23-24,29,34,36H,20-22H2,1-9H3;5-8,12-15H,1,9-11H2,2-4H3,(H,20,22);;;/q;;;-1;;/t31-,32?,33-,35?,38?,40+,42-,46+;23-,24-,29+,33+;;;;/m00..../s1. The van der Waals surface area contributed by atoms with Crippen LogP contribution >= 0.6 is 11.8 Å². The van der Waals surface area contributed by atoms with Crippen molar-refractivity contribution in [2.24, 2.45) is 35.5 Å². The van der Waals surface area contributed by atoms with Crippen LogP contribution in [0, 0.1) is 35.5 Å². The number of nitrogens with one attached hydrogen (secondary N) is 2. The van der Waals surface area contributed by atoms with E-state index in [4.69, 9.17) is 63.8 Å². The van der Waals surface area contributed by atoms with Gasteiger partial charge in [-0.25, -0.2) is 29.1 Å². The molecule has 2 amide bonds. The Morgan fingerprint density at radius 1 is 0.598 bits per heavy atom. The van der Waals surface area contributed by atoms with Crippen molar-refractivity contribution in [3.8, 4) is 0 Å². The first-order chi connectivity index (χ1) is 61.7. The van der Waals surface area contributed by atoms with Crippen molar-refractivity contribution in [1.29, 1.82) is 0 Å². The number of carbonyl (C=O) groups is 4. The molecule has 0 spiro atoms. The summed E-state index contributed by atoms with van der Waals surface area (Å²) in [6, 6.07) is 42.5. The number of carbonyl (C=O) groups excluding carboxylic acids is 4. The van der Waals surface area contributed by atoms with Crippen LogP contribution in [0.25, 0.3) is 0 Å². The van der Waals surface area contributed by atoms with Gasteiger partial charge in [0, 0.05) is 114 Å². The second-order valence-corrected chi connectivity index (χ2v) is 47.4. The van der Waals surface area contributed by atoms with Gasteiger partial charge in [-0.05, 0) is 143 Å². The maximum atomic E-state index is 13.2. The Morgan fingerprint density at radius 3 is 1.30 bits per heavy atom. The molecule has 27 nitrogen and oxygen atoms in total. The summed E-state index contributed by atoms with van der Waals surface area (Å²) in [6.45, 7) is 43.5. The molecule has 16 atom stereocenters. The molecule has 5 N–H and O–H groups in total. The molecule has 0 bridgehead atoms. The molecule has 2 saturated heterocycles. The van der Waals surface area contributed by atoms with Gasteiger partial charge in [0.2, 0.25) is 11.6 Å². The first-order valence-corrected chi connectivity index (χ1v) is 50.9. The molecule has 9 rings (SSSR count). The Balaban J connectivity index is 0.000000358. The molecule has 1 aromatic heterocycles. The van der Waals surface area contributed by atoms with E-state index in [1.165, 1.54) is 23.9 Å². The number of rotatable bonds is 38. The van der Waals surface area contributed by atoms with Gasteiger partial charge in [-0.3, -0.25) is 0 Å². The number of hydrogen-bond donors (Lipinski definition) is 5. The van der Waals surface area contributed by atoms with Crippen molar-refractivity contribution in [2.75, 3.05) is 68.7 Å². The van der Waals surface area contributed by atoms with Gasteiger partial charge in [0.15, 0.2) is 11.4 Å². The van der Waals surface area contributed by atoms with Gasteiger partial charge in [0.1, 0.15) is 30.2 Å². The van der Waals surface area contributed by atoms with Gasteiger partial charge in [0.25, 0.3) is 16.6 Å². The molecule has 2 fully saturated rings. The predicted molar refractivity (Wildman–Crippen MR) is 505 cm³/mol. The maximum absolute atomic E-state index is 13.2. The van der Waals surface area contributed by atoms with E-state index in [1.54, 1.807) is 95.3 Å². The number of methoxy groups -OCH3 is 2. The molecule has 741 valence electrons. The fraction of sp³-hybridized carbons (Fsp3) is 0.588. The number of cyclic esters (lactones) is 2. The molecular weight excluding hydrogens is 1870 g/mol. The van der Waals surface area contributed by atoms with Crippen molar-refractivity contribution >= 4 is 84.0 Å². The molecule has 0 aliphatic carbocycles. The summed E-state index contributed by atoms with van der Waals surface area (Å²) in [5.74, 6) is -2.61. The van der Waals surface area contributed by atoms with Gasteiger partial charge in [-0.15, -0.1) is 0 Å². The average Bonchev–Trinajstić information content (AvgIpc) is 0.729. The summed E-state index contributed by atoms with van der Waals surface area (Å²) < 4.78 is 124. The van der Waals surface area contributed by atoms with Crippen molar-refractivity contribution in [1.82, 2.24) is 30.4 Å². The van der Waals surface area contributed by atoms with E-state index in [0.717, 1.165) is 52.9 Å². The molecule has 4 aromatic carbocycles. The molecule has 5 aromatic rings. The second kappa shape index (κ2) is 51.7. The number of nitrogens with zero attached hydrogens (tertiary/aromatic N) is 4. The van der Waals surface area contributed by atoms with Crippen LogP contribution < -0.4 is 31.4 Å². The monoisotopic (exact) mass is 2010 g/mol. The van der Waals surface area contributed by atoms with Crippen LogP contribution in [-0.4, -0.2) is 220 Å². The Labute approximate surface area is 800 Å². The van der Waals surface area contributed by atoms with Gasteiger partial charge in [0.05, 0.1) is 46.8 Å². The normalized spacial score (nSPS) is 22.1. The van der Waals surface area contributed by atoms with Crippen molar-refractivity contribution < 1.29 is 132 Å². The van der Waals surface area contributed by atoms with Crippen molar-refractivity contribution in [3.63, 3.8) is 0 Å². The summed E-state index contributed by atoms with van der Waals surface area (Å²) in [5.41, 5.74) is -6.19. The number of alkyl halides is 3. The number of benzene rings is 4. The zero-order valence-electron chi connectivity index (χ0n) is 81.1. The van der Waals surface area contributed by atoms with Crippen LogP contribution in [-0.2, 0) is 105 Å². The van der Waals surface area contributed by atoms with E-state index < -0.39 is 115 Å². The topological polar surface area (TPSA) is 338 Å². The molecule has 0 saturated carbocycles. The van der Waals surface area contributed by atoms with Gasteiger partial charge < -0.3 is 95.7 Å². The SMILES string of the molecule is C=CCOC(=O)NCC1CC(N(C)C)C(C)C(Sc2ncccn2)O1.C=CCOC(=O)NCC1CC(N(C)C)C(C)[C@H](O[C@H]([C@@H](C)C2=C(C)C(=O)OC(C)(C)O2)[C@@](C)(C[C@@H](C)CCC(C)(C)[Si](O)(c2ccccc2)c2ccccc2)OC)O1.CO[C@](C)(C[C@@H](C)CCC(C)(C)[Si](O)(c1ccccc1)c1ccccc1)[C@H](O)[C@@H](C)C1=C(C)C(=O)OC(C)(C)O1.O=[S-](=O)C(F)(F)F.[O]=[Ag]. The summed E-state index contributed by atoms with van der Waals surface area (Å²) in [5, 5.41) is 21.0. The van der Waals surface area contributed by atoms with E-state index in [9.17, 15) is 47.0 Å². The number of amides is 2. The van der Waals surface area contributed by atoms with Crippen LogP contribution in [0.5, 0.6) is 0 Å². The van der Waals surface area contributed by atoms with Crippen LogP contribution in [0.3, 0.4) is 0 Å². The zero-order valence-corrected chi connectivity index (χ0v) is 86.3. The van der Waals surface area contributed by atoms with Crippen molar-refractivity contribution in [2.45, 2.75) is 268 Å². The predicted octanol–water partition coefficient (Wildman–Crippen LogP) is 15.1. The Morgan fingerprint density at radius 2 is 0.947 bits per heavy atom. The average molecular weight is 2020 g/mol. The summed E-state index contributed by atoms with van der Waals surface area (Å²) >= 11 is 3.22. The zero-order chi connectivity index (χ0) is 99.3. The molecule has 4 aliphatic rings. The molecule has 35 heteroatoms. The number of aromatic nitrogens is 2. The minimum absolute atomic E-state index is 0.0681. The van der Waals surface area contributed by atoms with Crippen LogP contribution in [0.1, 0.15) is 176 Å². The van der Waals surface area contributed by atoms with Crippen LogP contribution in [0.4, 0.5) is 22.8 Å². The molecule has 132 heavy (non-hydrogen) atoms. The fourth-order valence-corrected chi connectivity index (χ4v) is 26.3. The Bertz CT molecular complexity index is 4510. The molecule has 7 unspecified atom stereocenters. The molecule has 0 radical (unpaired) electrons. The van der Waals surface area contributed by atoms with Crippen LogP contribution in [0.2, 0.25) is 10.1 Å². The van der Waals surface area contributed by atoms with E-state index in [1.807, 2.05) is 132 Å². The number of esters is 2. The quantitative estimate of drug-likeness (QED) is 0.00612. The number of thioether (sulfide) groups is 1. The second-order valence-electron chi connectivity index (χ2n) is 37.6. The number of aliphatic hydroxyl groups excluding tert-OH is 1. The third-order valence-corrected chi connectivity index (χ3v) is 36.0.